The van der Waals surface area contributed by atoms with E-state index in [0.717, 1.165) is 21.3 Å². The first-order valence-corrected chi connectivity index (χ1v) is 9.96. The Hall–Kier alpha value is -3.55. The number of fused-ring (bicyclic) bond motifs is 2. The first-order valence-electron chi connectivity index (χ1n) is 8.30. The molecule has 0 unspecified atom stereocenters. The molecule has 4 rings (SSSR count). The van der Waals surface area contributed by atoms with Crippen molar-refractivity contribution in [2.75, 3.05) is 5.75 Å². The summed E-state index contributed by atoms with van der Waals surface area (Å²) in [6, 6.07) is 3.10. The summed E-state index contributed by atoms with van der Waals surface area (Å²) in [5.74, 6) is -1.72. The van der Waals surface area contributed by atoms with Gasteiger partial charge in [-0.2, -0.15) is 23.4 Å². The maximum absolute atomic E-state index is 12.9. The Labute approximate surface area is 165 Å². The van der Waals surface area contributed by atoms with E-state index in [4.69, 9.17) is 0 Å². The molecule has 0 aliphatic heterocycles. The standard InChI is InChI=1S/C16H11F3N6O4S/c1-2-30(28,29)14-12(13-20-5-3-9(15(26)27)25(13)23-14)8-4-6-24-11(21-8)7-10(22-24)16(17,18)19/h3-7H,2H2,1H3,(H,26,27). The molecule has 0 fully saturated rings. The van der Waals surface area contributed by atoms with Crippen molar-refractivity contribution in [1.82, 2.24) is 29.2 Å². The van der Waals surface area contributed by atoms with Crippen molar-refractivity contribution in [2.45, 2.75) is 18.1 Å². The fraction of sp³-hybridized carbons (Fsp3) is 0.188. The number of carboxylic acids is 1. The van der Waals surface area contributed by atoms with E-state index < -0.39 is 32.7 Å². The molecule has 156 valence electrons. The fourth-order valence-electron chi connectivity index (χ4n) is 2.82. The summed E-state index contributed by atoms with van der Waals surface area (Å²) in [5, 5.41) is 16.2. The molecule has 0 atom stereocenters. The van der Waals surface area contributed by atoms with Crippen LogP contribution in [0.15, 0.2) is 35.6 Å². The highest BCUT2D eigenvalue weighted by atomic mass is 32.2. The molecule has 0 aromatic carbocycles. The third-order valence-electron chi connectivity index (χ3n) is 4.25. The van der Waals surface area contributed by atoms with Gasteiger partial charge in [-0.05, 0) is 12.1 Å². The minimum atomic E-state index is -4.69. The van der Waals surface area contributed by atoms with Gasteiger partial charge in [-0.1, -0.05) is 6.92 Å². The van der Waals surface area contributed by atoms with Gasteiger partial charge in [0, 0.05) is 18.5 Å². The highest BCUT2D eigenvalue weighted by Crippen LogP contribution is 2.32. The van der Waals surface area contributed by atoms with Crippen molar-refractivity contribution < 1.29 is 31.5 Å². The zero-order chi connectivity index (χ0) is 21.8. The van der Waals surface area contributed by atoms with Crippen molar-refractivity contribution in [3.63, 3.8) is 0 Å². The van der Waals surface area contributed by atoms with Gasteiger partial charge in [-0.3, -0.25) is 0 Å². The fourth-order valence-corrected chi connectivity index (χ4v) is 3.81. The minimum absolute atomic E-state index is 0.0480. The average Bonchev–Trinajstić information content (AvgIpc) is 3.28. The lowest BCUT2D eigenvalue weighted by atomic mass is 10.2. The molecule has 0 bridgehead atoms. The second-order valence-corrected chi connectivity index (χ2v) is 8.29. The predicted octanol–water partition coefficient (Wildman–Crippen LogP) is 1.95. The molecular formula is C16H11F3N6O4S. The molecule has 0 amide bonds. The van der Waals surface area contributed by atoms with E-state index in [2.05, 4.69) is 20.2 Å². The van der Waals surface area contributed by atoms with Gasteiger partial charge >= 0.3 is 12.1 Å². The number of carbonyl (C=O) groups is 1. The lowest BCUT2D eigenvalue weighted by molar-refractivity contribution is -0.141. The molecule has 0 radical (unpaired) electrons. The van der Waals surface area contributed by atoms with Crippen LogP contribution in [0.3, 0.4) is 0 Å². The molecular weight excluding hydrogens is 429 g/mol. The van der Waals surface area contributed by atoms with Crippen molar-refractivity contribution in [1.29, 1.82) is 0 Å². The minimum Gasteiger partial charge on any atom is -0.477 e. The number of aromatic nitrogens is 6. The molecule has 0 aliphatic rings. The lowest BCUT2D eigenvalue weighted by Crippen LogP contribution is -2.09. The van der Waals surface area contributed by atoms with Crippen LogP contribution in [0.4, 0.5) is 13.2 Å². The zero-order valence-electron chi connectivity index (χ0n) is 15.0. The summed E-state index contributed by atoms with van der Waals surface area (Å²) < 4.78 is 65.7. The third kappa shape index (κ3) is 3.04. The van der Waals surface area contributed by atoms with Crippen molar-refractivity contribution in [2.24, 2.45) is 0 Å². The van der Waals surface area contributed by atoms with Crippen LogP contribution in [0, 0.1) is 0 Å². The van der Waals surface area contributed by atoms with Gasteiger partial charge in [-0.15, -0.1) is 0 Å². The normalized spacial score (nSPS) is 12.7. The number of sulfone groups is 1. The molecule has 0 aliphatic carbocycles. The Morgan fingerprint density at radius 3 is 2.60 bits per heavy atom. The molecule has 4 aromatic heterocycles. The highest BCUT2D eigenvalue weighted by molar-refractivity contribution is 7.91. The van der Waals surface area contributed by atoms with Gasteiger partial charge in [0.15, 0.2) is 37.5 Å². The van der Waals surface area contributed by atoms with Gasteiger partial charge in [0.2, 0.25) is 0 Å². The SMILES string of the molecule is CCS(=O)(=O)c1nn2c(C(=O)O)ccnc2c1-c1ccn2nc(C(F)(F)F)cc2n1. The van der Waals surface area contributed by atoms with E-state index in [0.29, 0.717) is 6.07 Å². The highest BCUT2D eigenvalue weighted by Gasteiger charge is 2.34. The summed E-state index contributed by atoms with van der Waals surface area (Å²) >= 11 is 0. The topological polar surface area (TPSA) is 132 Å². The average molecular weight is 440 g/mol. The molecule has 30 heavy (non-hydrogen) atoms. The van der Waals surface area contributed by atoms with E-state index in [1.807, 2.05) is 0 Å². The zero-order valence-corrected chi connectivity index (χ0v) is 15.8. The third-order valence-corrected chi connectivity index (χ3v) is 5.89. The number of halogens is 3. The van der Waals surface area contributed by atoms with Crippen LogP contribution < -0.4 is 0 Å². The first-order chi connectivity index (χ1) is 14.0. The van der Waals surface area contributed by atoms with Crippen molar-refractivity contribution in [3.8, 4) is 11.3 Å². The number of hydrogen-bond acceptors (Lipinski definition) is 7. The second kappa shape index (κ2) is 6.48. The molecule has 4 heterocycles. The predicted molar refractivity (Wildman–Crippen MR) is 94.7 cm³/mol. The van der Waals surface area contributed by atoms with Crippen LogP contribution in [-0.4, -0.2) is 54.4 Å². The molecule has 1 N–H and O–H groups in total. The van der Waals surface area contributed by atoms with E-state index >= 15 is 0 Å². The van der Waals surface area contributed by atoms with E-state index in [9.17, 15) is 31.5 Å². The van der Waals surface area contributed by atoms with Crippen molar-refractivity contribution >= 4 is 27.1 Å². The summed E-state index contributed by atoms with van der Waals surface area (Å²) in [6.45, 7) is 1.37. The summed E-state index contributed by atoms with van der Waals surface area (Å²) in [5.41, 5.74) is -1.98. The second-order valence-electron chi connectivity index (χ2n) is 6.10. The monoisotopic (exact) mass is 440 g/mol. The van der Waals surface area contributed by atoms with Crippen LogP contribution in [0.5, 0.6) is 0 Å². The molecule has 14 heteroatoms. The number of rotatable bonds is 4. The molecule has 4 aromatic rings. The molecule has 10 nitrogen and oxygen atoms in total. The Morgan fingerprint density at radius 1 is 1.23 bits per heavy atom. The number of carboxylic acid groups (broad SMARTS) is 1. The van der Waals surface area contributed by atoms with Gasteiger partial charge in [0.1, 0.15) is 0 Å². The maximum atomic E-state index is 12.9. The van der Waals surface area contributed by atoms with Gasteiger partial charge in [-0.25, -0.2) is 32.2 Å². The van der Waals surface area contributed by atoms with Gasteiger partial charge in [0.05, 0.1) is 17.0 Å². The maximum Gasteiger partial charge on any atom is 0.435 e. The summed E-state index contributed by atoms with van der Waals surface area (Å²) in [4.78, 5) is 19.6. The van der Waals surface area contributed by atoms with E-state index in [-0.39, 0.29) is 34.0 Å². The molecule has 0 saturated heterocycles. The Balaban J connectivity index is 2.05. The largest absolute Gasteiger partial charge is 0.477 e. The van der Waals surface area contributed by atoms with Crippen LogP contribution in [0.25, 0.3) is 22.6 Å². The summed E-state index contributed by atoms with van der Waals surface area (Å²) in [7, 11) is -3.96. The first kappa shape index (κ1) is 19.8. The summed E-state index contributed by atoms with van der Waals surface area (Å²) in [6.07, 6.45) is -2.35. The lowest BCUT2D eigenvalue weighted by Gasteiger charge is -2.03. The molecule has 0 spiro atoms. The Bertz CT molecular complexity index is 1420. The van der Waals surface area contributed by atoms with Crippen LogP contribution in [0.2, 0.25) is 0 Å². The smallest absolute Gasteiger partial charge is 0.435 e. The number of alkyl halides is 3. The molecule has 0 saturated carbocycles. The van der Waals surface area contributed by atoms with E-state index in [1.165, 1.54) is 19.2 Å². The van der Waals surface area contributed by atoms with Crippen molar-refractivity contribution in [3.05, 3.63) is 42.0 Å². The van der Waals surface area contributed by atoms with Crippen LogP contribution in [-0.2, 0) is 16.0 Å². The number of nitrogens with zero attached hydrogens (tertiary/aromatic N) is 6. The number of hydrogen-bond donors (Lipinski definition) is 1. The van der Waals surface area contributed by atoms with Crippen LogP contribution in [0.1, 0.15) is 23.1 Å². The van der Waals surface area contributed by atoms with Gasteiger partial charge in [0.25, 0.3) is 0 Å². The number of aromatic carboxylic acids is 1. The Kier molecular flexibility index (Phi) is 4.27. The van der Waals surface area contributed by atoms with Gasteiger partial charge < -0.3 is 5.11 Å². The van der Waals surface area contributed by atoms with Crippen LogP contribution >= 0.6 is 0 Å². The van der Waals surface area contributed by atoms with E-state index in [1.54, 1.807) is 0 Å². The quantitative estimate of drug-likeness (QED) is 0.509. The Morgan fingerprint density at radius 2 is 1.97 bits per heavy atom.